The molecule has 3 nitrogen and oxygen atoms in total. The maximum absolute atomic E-state index is 11.6. The van der Waals surface area contributed by atoms with E-state index >= 15 is 0 Å². The predicted octanol–water partition coefficient (Wildman–Crippen LogP) is 2.11. The molecular formula is C12H23NO2. The molecule has 1 atom stereocenters. The Labute approximate surface area is 92.6 Å². The second kappa shape index (κ2) is 6.83. The van der Waals surface area contributed by atoms with Gasteiger partial charge in [0.2, 0.25) is 0 Å². The van der Waals surface area contributed by atoms with Gasteiger partial charge in [-0.15, -0.1) is 0 Å². The average Bonchev–Trinajstić information content (AvgIpc) is 2.29. The summed E-state index contributed by atoms with van der Waals surface area (Å²) in [5.74, 6) is 0.516. The van der Waals surface area contributed by atoms with Gasteiger partial charge in [0.1, 0.15) is 6.04 Å². The molecule has 0 aromatic rings. The minimum atomic E-state index is -0.131. The van der Waals surface area contributed by atoms with Crippen LogP contribution < -0.4 is 5.32 Å². The zero-order chi connectivity index (χ0) is 11.1. The van der Waals surface area contributed by atoms with Gasteiger partial charge in [-0.3, -0.25) is 4.79 Å². The van der Waals surface area contributed by atoms with Crippen LogP contribution in [0.25, 0.3) is 0 Å². The number of esters is 1. The largest absolute Gasteiger partial charge is 0.464 e. The molecule has 1 aliphatic rings. The first-order valence-electron chi connectivity index (χ1n) is 6.11. The third-order valence-corrected chi connectivity index (χ3v) is 3.23. The van der Waals surface area contributed by atoms with E-state index in [0.29, 0.717) is 12.5 Å². The fourth-order valence-electron chi connectivity index (χ4n) is 2.14. The molecule has 0 saturated heterocycles. The Kier molecular flexibility index (Phi) is 5.69. The van der Waals surface area contributed by atoms with Gasteiger partial charge >= 0.3 is 5.97 Å². The topological polar surface area (TPSA) is 38.3 Å². The standard InChI is InChI=1S/C12H23NO2/c1-3-11(13-2)12(14)15-9-10-7-5-4-6-8-10/h10-11,13H,3-9H2,1-2H3. The van der Waals surface area contributed by atoms with Crippen molar-refractivity contribution >= 4 is 5.97 Å². The van der Waals surface area contributed by atoms with Gasteiger partial charge in [0.05, 0.1) is 6.61 Å². The number of hydrogen-bond donors (Lipinski definition) is 1. The number of nitrogens with one attached hydrogen (secondary N) is 1. The number of hydrogen-bond acceptors (Lipinski definition) is 3. The molecule has 0 amide bonds. The lowest BCUT2D eigenvalue weighted by Crippen LogP contribution is -2.35. The highest BCUT2D eigenvalue weighted by atomic mass is 16.5. The molecule has 1 aliphatic carbocycles. The fourth-order valence-corrected chi connectivity index (χ4v) is 2.14. The summed E-state index contributed by atoms with van der Waals surface area (Å²) in [5.41, 5.74) is 0. The van der Waals surface area contributed by atoms with E-state index in [4.69, 9.17) is 4.74 Å². The summed E-state index contributed by atoms with van der Waals surface area (Å²) in [6, 6.07) is -0.131. The Balaban J connectivity index is 2.20. The predicted molar refractivity (Wildman–Crippen MR) is 60.7 cm³/mol. The number of carbonyl (C=O) groups is 1. The Bertz CT molecular complexity index is 184. The molecule has 1 unspecified atom stereocenters. The van der Waals surface area contributed by atoms with Gasteiger partial charge in [0.25, 0.3) is 0 Å². The minimum absolute atomic E-state index is 0.0921. The van der Waals surface area contributed by atoms with Gasteiger partial charge in [0, 0.05) is 0 Å². The normalized spacial score (nSPS) is 19.9. The van der Waals surface area contributed by atoms with E-state index in [1.165, 1.54) is 32.1 Å². The lowest BCUT2D eigenvalue weighted by atomic mass is 9.90. The summed E-state index contributed by atoms with van der Waals surface area (Å²) < 4.78 is 5.32. The molecule has 0 bridgehead atoms. The van der Waals surface area contributed by atoms with Crippen molar-refractivity contribution in [3.63, 3.8) is 0 Å². The average molecular weight is 213 g/mol. The van der Waals surface area contributed by atoms with Crippen LogP contribution in [-0.2, 0) is 9.53 Å². The van der Waals surface area contributed by atoms with Crippen LogP contribution in [0.3, 0.4) is 0 Å². The van der Waals surface area contributed by atoms with Crippen molar-refractivity contribution < 1.29 is 9.53 Å². The number of likely N-dealkylation sites (N-methyl/N-ethyl adjacent to an activating group) is 1. The SMILES string of the molecule is CCC(NC)C(=O)OCC1CCCCC1. The van der Waals surface area contributed by atoms with E-state index in [-0.39, 0.29) is 12.0 Å². The van der Waals surface area contributed by atoms with Crippen LogP contribution in [-0.4, -0.2) is 25.7 Å². The second-order valence-electron chi connectivity index (χ2n) is 4.38. The summed E-state index contributed by atoms with van der Waals surface area (Å²) in [4.78, 5) is 11.6. The Hall–Kier alpha value is -0.570. The lowest BCUT2D eigenvalue weighted by Gasteiger charge is -2.22. The molecule has 0 heterocycles. The minimum Gasteiger partial charge on any atom is -0.464 e. The third kappa shape index (κ3) is 4.20. The molecule has 15 heavy (non-hydrogen) atoms. The summed E-state index contributed by atoms with van der Waals surface area (Å²) in [6.07, 6.45) is 7.18. The molecule has 1 N–H and O–H groups in total. The smallest absolute Gasteiger partial charge is 0.323 e. The Morgan fingerprint density at radius 1 is 1.40 bits per heavy atom. The highest BCUT2D eigenvalue weighted by Crippen LogP contribution is 2.23. The quantitative estimate of drug-likeness (QED) is 0.711. The van der Waals surface area contributed by atoms with Crippen LogP contribution in [0.15, 0.2) is 0 Å². The van der Waals surface area contributed by atoms with Crippen molar-refractivity contribution in [1.29, 1.82) is 0 Å². The van der Waals surface area contributed by atoms with Crippen molar-refractivity contribution in [3.8, 4) is 0 Å². The summed E-state index contributed by atoms with van der Waals surface area (Å²) in [6.45, 7) is 2.61. The zero-order valence-corrected chi connectivity index (χ0v) is 9.92. The van der Waals surface area contributed by atoms with Gasteiger partial charge in [-0.05, 0) is 32.2 Å². The third-order valence-electron chi connectivity index (χ3n) is 3.23. The van der Waals surface area contributed by atoms with Crippen molar-refractivity contribution in [2.24, 2.45) is 5.92 Å². The number of rotatable bonds is 5. The second-order valence-corrected chi connectivity index (χ2v) is 4.38. The molecule has 0 aromatic heterocycles. The van der Waals surface area contributed by atoms with Gasteiger partial charge in [-0.25, -0.2) is 0 Å². The highest BCUT2D eigenvalue weighted by Gasteiger charge is 2.19. The van der Waals surface area contributed by atoms with Crippen LogP contribution in [0.1, 0.15) is 45.4 Å². The molecule has 3 heteroatoms. The molecule has 1 saturated carbocycles. The molecule has 0 spiro atoms. The van der Waals surface area contributed by atoms with Crippen molar-refractivity contribution in [1.82, 2.24) is 5.32 Å². The summed E-state index contributed by atoms with van der Waals surface area (Å²) in [7, 11) is 1.80. The van der Waals surface area contributed by atoms with Crippen LogP contribution in [0.5, 0.6) is 0 Å². The van der Waals surface area contributed by atoms with Gasteiger partial charge < -0.3 is 10.1 Å². The Morgan fingerprint density at radius 2 is 2.07 bits per heavy atom. The number of carbonyl (C=O) groups excluding carboxylic acids is 1. The summed E-state index contributed by atoms with van der Waals surface area (Å²) >= 11 is 0. The molecule has 88 valence electrons. The fraction of sp³-hybridized carbons (Fsp3) is 0.917. The van der Waals surface area contributed by atoms with Crippen molar-refractivity contribution in [3.05, 3.63) is 0 Å². The lowest BCUT2D eigenvalue weighted by molar-refractivity contribution is -0.147. The first-order chi connectivity index (χ1) is 7.27. The van der Waals surface area contributed by atoms with Gasteiger partial charge in [-0.2, -0.15) is 0 Å². The van der Waals surface area contributed by atoms with Crippen LogP contribution >= 0.6 is 0 Å². The molecule has 1 fully saturated rings. The molecular weight excluding hydrogens is 190 g/mol. The van der Waals surface area contributed by atoms with Crippen LogP contribution in [0.2, 0.25) is 0 Å². The van der Waals surface area contributed by atoms with Crippen molar-refractivity contribution in [2.75, 3.05) is 13.7 Å². The highest BCUT2D eigenvalue weighted by molar-refractivity contribution is 5.75. The van der Waals surface area contributed by atoms with Crippen molar-refractivity contribution in [2.45, 2.75) is 51.5 Å². The maximum Gasteiger partial charge on any atom is 0.323 e. The Morgan fingerprint density at radius 3 is 2.60 bits per heavy atom. The number of ether oxygens (including phenoxy) is 1. The van der Waals surface area contributed by atoms with E-state index in [2.05, 4.69) is 5.32 Å². The van der Waals surface area contributed by atoms with Gasteiger partial charge in [-0.1, -0.05) is 26.2 Å². The van der Waals surface area contributed by atoms with Crippen LogP contribution in [0, 0.1) is 5.92 Å². The zero-order valence-electron chi connectivity index (χ0n) is 9.92. The maximum atomic E-state index is 11.6. The molecule has 1 rings (SSSR count). The molecule has 0 aliphatic heterocycles. The van der Waals surface area contributed by atoms with E-state index in [1.807, 2.05) is 6.92 Å². The molecule has 0 radical (unpaired) electrons. The monoisotopic (exact) mass is 213 g/mol. The first-order valence-corrected chi connectivity index (χ1v) is 6.11. The summed E-state index contributed by atoms with van der Waals surface area (Å²) in [5, 5.41) is 2.96. The van der Waals surface area contributed by atoms with E-state index in [9.17, 15) is 4.79 Å². The van der Waals surface area contributed by atoms with Crippen LogP contribution in [0.4, 0.5) is 0 Å². The molecule has 0 aromatic carbocycles. The van der Waals surface area contributed by atoms with E-state index in [1.54, 1.807) is 7.05 Å². The van der Waals surface area contributed by atoms with E-state index < -0.39 is 0 Å². The first kappa shape index (κ1) is 12.5. The van der Waals surface area contributed by atoms with Gasteiger partial charge in [0.15, 0.2) is 0 Å². The van der Waals surface area contributed by atoms with E-state index in [0.717, 1.165) is 6.42 Å².